The fraction of sp³-hybridized carbons (Fsp3) is 0.400. The Bertz CT molecular complexity index is 532. The molecule has 1 aliphatic heterocycles. The van der Waals surface area contributed by atoms with Gasteiger partial charge in [-0.25, -0.2) is 4.79 Å². The summed E-state index contributed by atoms with van der Waals surface area (Å²) in [6.07, 6.45) is 0.00956. The van der Waals surface area contributed by atoms with E-state index in [-0.39, 0.29) is 18.8 Å². The normalized spacial score (nSPS) is 23.8. The minimum atomic E-state index is -0.736. The molecule has 0 aliphatic carbocycles. The average Bonchev–Trinajstić information content (AvgIpc) is 2.76. The second kappa shape index (κ2) is 4.66. The van der Waals surface area contributed by atoms with Crippen LogP contribution in [0, 0.1) is 0 Å². The van der Waals surface area contributed by atoms with Gasteiger partial charge in [-0.1, -0.05) is 12.7 Å². The second-order valence-corrected chi connectivity index (χ2v) is 3.51. The molecule has 1 fully saturated rings. The zero-order chi connectivity index (χ0) is 12.4. The van der Waals surface area contributed by atoms with Gasteiger partial charge in [0.1, 0.15) is 6.10 Å². The van der Waals surface area contributed by atoms with Crippen molar-refractivity contribution in [2.75, 3.05) is 13.2 Å². The Kier molecular flexibility index (Phi) is 3.23. The molecule has 0 bridgehead atoms. The van der Waals surface area contributed by atoms with Crippen LogP contribution in [0.4, 0.5) is 0 Å². The third-order valence-electron chi connectivity index (χ3n) is 2.43. The van der Waals surface area contributed by atoms with Crippen LogP contribution in [-0.2, 0) is 9.47 Å². The average molecular weight is 240 g/mol. The first kappa shape index (κ1) is 11.8. The number of rotatable bonds is 3. The standard InChI is InChI=1S/C10H12N2O5/c1-2-5-8(11-10(15)12-9(5)14)6-4-16-7(3-13)17-6/h2,6-7,13H,1,3-4H2,(H2,11,12,14,15). The highest BCUT2D eigenvalue weighted by Crippen LogP contribution is 2.25. The minimum absolute atomic E-state index is 0.158. The Morgan fingerprint density at radius 2 is 2.24 bits per heavy atom. The summed E-state index contributed by atoms with van der Waals surface area (Å²) in [5.74, 6) is 0. The molecule has 7 heteroatoms. The molecule has 7 nitrogen and oxygen atoms in total. The van der Waals surface area contributed by atoms with Crippen LogP contribution in [0.2, 0.25) is 0 Å². The predicted molar refractivity (Wildman–Crippen MR) is 58.4 cm³/mol. The predicted octanol–water partition coefficient (Wildman–Crippen LogP) is -0.888. The van der Waals surface area contributed by atoms with Crippen molar-refractivity contribution in [2.24, 2.45) is 0 Å². The lowest BCUT2D eigenvalue weighted by atomic mass is 10.1. The molecular weight excluding hydrogens is 228 g/mol. The van der Waals surface area contributed by atoms with Crippen molar-refractivity contribution in [2.45, 2.75) is 12.4 Å². The third-order valence-corrected chi connectivity index (χ3v) is 2.43. The van der Waals surface area contributed by atoms with Gasteiger partial charge in [-0.05, 0) is 0 Å². The van der Waals surface area contributed by atoms with Gasteiger partial charge in [0.25, 0.3) is 5.56 Å². The van der Waals surface area contributed by atoms with Crippen LogP contribution in [0.1, 0.15) is 17.4 Å². The van der Waals surface area contributed by atoms with Crippen molar-refractivity contribution in [3.63, 3.8) is 0 Å². The van der Waals surface area contributed by atoms with Crippen LogP contribution in [0.15, 0.2) is 16.2 Å². The molecule has 0 aromatic carbocycles. The SMILES string of the molecule is C=Cc1c(C2COC(CO)O2)[nH]c(=O)[nH]c1=O. The molecule has 0 spiro atoms. The summed E-state index contributed by atoms with van der Waals surface area (Å²) in [6, 6.07) is 0. The largest absolute Gasteiger partial charge is 0.391 e. The first-order chi connectivity index (χ1) is 8.15. The number of nitrogens with one attached hydrogen (secondary N) is 2. The van der Waals surface area contributed by atoms with E-state index >= 15 is 0 Å². The number of hydrogen-bond donors (Lipinski definition) is 3. The highest BCUT2D eigenvalue weighted by Gasteiger charge is 2.29. The molecular formula is C10H12N2O5. The number of aliphatic hydroxyl groups excluding tert-OH is 1. The fourth-order valence-electron chi connectivity index (χ4n) is 1.67. The van der Waals surface area contributed by atoms with E-state index in [4.69, 9.17) is 14.6 Å². The van der Waals surface area contributed by atoms with Crippen LogP contribution in [0.5, 0.6) is 0 Å². The van der Waals surface area contributed by atoms with Crippen molar-refractivity contribution in [3.05, 3.63) is 38.7 Å². The van der Waals surface area contributed by atoms with Crippen molar-refractivity contribution >= 4 is 6.08 Å². The second-order valence-electron chi connectivity index (χ2n) is 3.51. The summed E-state index contributed by atoms with van der Waals surface area (Å²) < 4.78 is 10.4. The molecule has 92 valence electrons. The Morgan fingerprint density at radius 1 is 1.47 bits per heavy atom. The van der Waals surface area contributed by atoms with E-state index in [0.717, 1.165) is 0 Å². The van der Waals surface area contributed by atoms with Gasteiger partial charge in [0.2, 0.25) is 0 Å². The monoisotopic (exact) mass is 240 g/mol. The van der Waals surface area contributed by atoms with Gasteiger partial charge in [-0.15, -0.1) is 0 Å². The summed E-state index contributed by atoms with van der Waals surface area (Å²) in [5.41, 5.74) is -0.608. The summed E-state index contributed by atoms with van der Waals surface area (Å²) in [4.78, 5) is 27.3. The van der Waals surface area contributed by atoms with E-state index in [0.29, 0.717) is 5.69 Å². The number of aromatic amines is 2. The molecule has 1 aromatic rings. The molecule has 17 heavy (non-hydrogen) atoms. The molecule has 2 unspecified atom stereocenters. The van der Waals surface area contributed by atoms with E-state index in [2.05, 4.69) is 16.5 Å². The lowest BCUT2D eigenvalue weighted by Gasteiger charge is -2.11. The van der Waals surface area contributed by atoms with Crippen LogP contribution in [-0.4, -0.2) is 34.6 Å². The van der Waals surface area contributed by atoms with Crippen molar-refractivity contribution in [1.82, 2.24) is 9.97 Å². The topological polar surface area (TPSA) is 104 Å². The van der Waals surface area contributed by atoms with Gasteiger partial charge in [0.15, 0.2) is 6.29 Å². The van der Waals surface area contributed by atoms with Gasteiger partial charge >= 0.3 is 5.69 Å². The van der Waals surface area contributed by atoms with Gasteiger partial charge in [-0.3, -0.25) is 9.78 Å². The first-order valence-corrected chi connectivity index (χ1v) is 5.02. The van der Waals surface area contributed by atoms with Gasteiger partial charge in [0, 0.05) is 0 Å². The van der Waals surface area contributed by atoms with Crippen LogP contribution < -0.4 is 11.2 Å². The van der Waals surface area contributed by atoms with E-state index in [1.54, 1.807) is 0 Å². The number of aliphatic hydroxyl groups is 1. The van der Waals surface area contributed by atoms with Crippen LogP contribution in [0.25, 0.3) is 6.08 Å². The van der Waals surface area contributed by atoms with Gasteiger partial charge in [-0.2, -0.15) is 0 Å². The lowest BCUT2D eigenvalue weighted by Crippen LogP contribution is -2.28. The lowest BCUT2D eigenvalue weighted by molar-refractivity contribution is -0.0887. The van der Waals surface area contributed by atoms with E-state index in [1.807, 2.05) is 0 Å². The number of H-pyrrole nitrogens is 2. The summed E-state index contributed by atoms with van der Waals surface area (Å²) in [5, 5.41) is 8.86. The molecule has 1 saturated heterocycles. The quantitative estimate of drug-likeness (QED) is 0.636. The Hall–Kier alpha value is -1.70. The van der Waals surface area contributed by atoms with Crippen molar-refractivity contribution < 1.29 is 14.6 Å². The maximum atomic E-state index is 11.5. The summed E-state index contributed by atoms with van der Waals surface area (Å²) in [6.45, 7) is 3.38. The summed E-state index contributed by atoms with van der Waals surface area (Å²) >= 11 is 0. The summed E-state index contributed by atoms with van der Waals surface area (Å²) in [7, 11) is 0. The molecule has 1 aromatic heterocycles. The Labute approximate surface area is 95.7 Å². The molecule has 3 N–H and O–H groups in total. The molecule has 0 saturated carbocycles. The van der Waals surface area contributed by atoms with E-state index in [9.17, 15) is 9.59 Å². The number of hydrogen-bond acceptors (Lipinski definition) is 5. The molecule has 0 radical (unpaired) electrons. The highest BCUT2D eigenvalue weighted by molar-refractivity contribution is 5.48. The number of ether oxygens (including phenoxy) is 2. The van der Waals surface area contributed by atoms with Crippen molar-refractivity contribution in [3.8, 4) is 0 Å². The van der Waals surface area contributed by atoms with Gasteiger partial charge in [0.05, 0.1) is 24.5 Å². The first-order valence-electron chi connectivity index (χ1n) is 5.02. The molecule has 2 atom stereocenters. The van der Waals surface area contributed by atoms with E-state index in [1.165, 1.54) is 6.08 Å². The zero-order valence-electron chi connectivity index (χ0n) is 8.93. The van der Waals surface area contributed by atoms with Crippen molar-refractivity contribution in [1.29, 1.82) is 0 Å². The molecule has 2 heterocycles. The zero-order valence-corrected chi connectivity index (χ0v) is 8.93. The smallest absolute Gasteiger partial charge is 0.326 e. The maximum absolute atomic E-state index is 11.5. The Balaban J connectivity index is 2.42. The van der Waals surface area contributed by atoms with Gasteiger partial charge < -0.3 is 19.6 Å². The highest BCUT2D eigenvalue weighted by atomic mass is 16.7. The Morgan fingerprint density at radius 3 is 2.82 bits per heavy atom. The van der Waals surface area contributed by atoms with Crippen LogP contribution >= 0.6 is 0 Å². The third kappa shape index (κ3) is 2.21. The minimum Gasteiger partial charge on any atom is -0.391 e. The van der Waals surface area contributed by atoms with Crippen LogP contribution in [0.3, 0.4) is 0 Å². The maximum Gasteiger partial charge on any atom is 0.326 e. The van der Waals surface area contributed by atoms with E-state index < -0.39 is 23.6 Å². The fourth-order valence-corrected chi connectivity index (χ4v) is 1.67. The molecule has 2 rings (SSSR count). The molecule has 1 aliphatic rings. The number of aromatic nitrogens is 2. The molecule has 0 amide bonds.